The van der Waals surface area contributed by atoms with Crippen molar-refractivity contribution in [3.8, 4) is 5.82 Å². The van der Waals surface area contributed by atoms with Crippen LogP contribution >= 0.6 is 0 Å². The van der Waals surface area contributed by atoms with Gasteiger partial charge in [-0.1, -0.05) is 11.2 Å². The van der Waals surface area contributed by atoms with Gasteiger partial charge < -0.3 is 9.26 Å². The molecular formula is C23H27F2N5O4. The molecule has 1 atom stereocenters. The number of aromatic amines is 1. The van der Waals surface area contributed by atoms with Gasteiger partial charge in [0.25, 0.3) is 12.0 Å². The van der Waals surface area contributed by atoms with Crippen LogP contribution in [0.5, 0.6) is 0 Å². The number of benzene rings is 1. The summed E-state index contributed by atoms with van der Waals surface area (Å²) in [6.07, 6.45) is 0.781. The third-order valence-corrected chi connectivity index (χ3v) is 6.72. The predicted molar refractivity (Wildman–Crippen MR) is 120 cm³/mol. The van der Waals surface area contributed by atoms with Gasteiger partial charge in [-0.2, -0.15) is 0 Å². The lowest BCUT2D eigenvalue weighted by Crippen LogP contribution is -2.56. The number of ether oxygens (including phenoxy) is 1. The second kappa shape index (κ2) is 9.77. The van der Waals surface area contributed by atoms with Crippen LogP contribution in [0.15, 0.2) is 44.6 Å². The Morgan fingerprint density at radius 2 is 1.97 bits per heavy atom. The standard InChI is InChI=1S/C23H27F2N5O4/c24-21(25)18-14-28(7-8-29(18)13-15-4-9-33-10-5-15)12-16-1-2-19-17(11-16)22(27-34-19)30-6-3-20(31)26-23(30)32/h1-3,6,11,15,18,21H,4-5,7-10,12-14H2,(H,26,31,32). The Hall–Kier alpha value is -2.89. The van der Waals surface area contributed by atoms with Crippen molar-refractivity contribution in [3.63, 3.8) is 0 Å². The Morgan fingerprint density at radius 3 is 2.74 bits per heavy atom. The fraction of sp³-hybridized carbons (Fsp3) is 0.522. The number of nitrogens with zero attached hydrogens (tertiary/aromatic N) is 4. The van der Waals surface area contributed by atoms with Crippen molar-refractivity contribution in [3.05, 3.63) is 56.9 Å². The van der Waals surface area contributed by atoms with E-state index in [0.717, 1.165) is 18.4 Å². The van der Waals surface area contributed by atoms with Gasteiger partial charge in [0.1, 0.15) is 0 Å². The Morgan fingerprint density at radius 1 is 1.15 bits per heavy atom. The number of fused-ring (bicyclic) bond motifs is 1. The third-order valence-electron chi connectivity index (χ3n) is 6.72. The van der Waals surface area contributed by atoms with E-state index in [1.807, 2.05) is 21.9 Å². The molecule has 0 spiro atoms. The summed E-state index contributed by atoms with van der Waals surface area (Å²) >= 11 is 0. The highest BCUT2D eigenvalue weighted by atomic mass is 19.3. The van der Waals surface area contributed by atoms with Crippen LogP contribution < -0.4 is 11.2 Å². The fourth-order valence-corrected chi connectivity index (χ4v) is 4.86. The molecule has 11 heteroatoms. The highest BCUT2D eigenvalue weighted by Crippen LogP contribution is 2.26. The summed E-state index contributed by atoms with van der Waals surface area (Å²) in [5.41, 5.74) is 0.275. The van der Waals surface area contributed by atoms with Crippen LogP contribution in [-0.2, 0) is 11.3 Å². The van der Waals surface area contributed by atoms with Crippen molar-refractivity contribution in [2.75, 3.05) is 39.4 Å². The van der Waals surface area contributed by atoms with Crippen molar-refractivity contribution >= 4 is 11.0 Å². The van der Waals surface area contributed by atoms with Gasteiger partial charge >= 0.3 is 5.69 Å². The zero-order chi connectivity index (χ0) is 23.7. The second-order valence-electron chi connectivity index (χ2n) is 9.00. The van der Waals surface area contributed by atoms with Crippen molar-refractivity contribution < 1.29 is 18.0 Å². The van der Waals surface area contributed by atoms with Crippen molar-refractivity contribution in [1.82, 2.24) is 24.5 Å². The average molecular weight is 475 g/mol. The van der Waals surface area contributed by atoms with Gasteiger partial charge in [0.2, 0.25) is 0 Å². The zero-order valence-corrected chi connectivity index (χ0v) is 18.7. The van der Waals surface area contributed by atoms with Crippen molar-refractivity contribution in [2.24, 2.45) is 5.92 Å². The lowest BCUT2D eigenvalue weighted by atomic mass is 9.98. The Kier molecular flexibility index (Phi) is 6.57. The number of nitrogens with one attached hydrogen (secondary N) is 1. The topological polar surface area (TPSA) is 96.6 Å². The van der Waals surface area contributed by atoms with Crippen LogP contribution in [-0.4, -0.2) is 76.4 Å². The lowest BCUT2D eigenvalue weighted by Gasteiger charge is -2.42. The number of hydrogen-bond acceptors (Lipinski definition) is 7. The van der Waals surface area contributed by atoms with Gasteiger partial charge in [0.05, 0.1) is 11.4 Å². The highest BCUT2D eigenvalue weighted by Gasteiger charge is 2.35. The maximum Gasteiger partial charge on any atom is 0.334 e. The second-order valence-corrected chi connectivity index (χ2v) is 9.00. The number of piperazine rings is 1. The van der Waals surface area contributed by atoms with Gasteiger partial charge in [-0.25, -0.2) is 18.1 Å². The average Bonchev–Trinajstić information content (AvgIpc) is 3.24. The Balaban J connectivity index is 1.32. The molecule has 1 N–H and O–H groups in total. The fourth-order valence-electron chi connectivity index (χ4n) is 4.86. The summed E-state index contributed by atoms with van der Waals surface area (Å²) in [6.45, 7) is 4.19. The van der Waals surface area contributed by atoms with Crippen LogP contribution in [0, 0.1) is 5.92 Å². The number of hydrogen-bond donors (Lipinski definition) is 1. The van der Waals surface area contributed by atoms with E-state index >= 15 is 0 Å². The molecule has 1 aromatic carbocycles. The van der Waals surface area contributed by atoms with Gasteiger partial charge in [0, 0.05) is 58.2 Å². The molecule has 0 aliphatic carbocycles. The van der Waals surface area contributed by atoms with E-state index in [0.29, 0.717) is 56.3 Å². The van der Waals surface area contributed by atoms with Crippen LogP contribution in [0.3, 0.4) is 0 Å². The first-order valence-electron chi connectivity index (χ1n) is 11.5. The molecule has 2 aliphatic heterocycles. The Bertz CT molecular complexity index is 1250. The van der Waals surface area contributed by atoms with E-state index < -0.39 is 23.7 Å². The van der Waals surface area contributed by atoms with Crippen LogP contribution in [0.1, 0.15) is 18.4 Å². The molecule has 0 amide bonds. The minimum atomic E-state index is -2.41. The number of aromatic nitrogens is 3. The maximum atomic E-state index is 13.9. The quantitative estimate of drug-likeness (QED) is 0.581. The van der Waals surface area contributed by atoms with E-state index in [4.69, 9.17) is 9.26 Å². The van der Waals surface area contributed by atoms with E-state index in [9.17, 15) is 18.4 Å². The minimum absolute atomic E-state index is 0.268. The largest absolute Gasteiger partial charge is 0.381 e. The first-order chi connectivity index (χ1) is 16.5. The molecule has 0 bridgehead atoms. The summed E-state index contributed by atoms with van der Waals surface area (Å²) < 4.78 is 39.8. The van der Waals surface area contributed by atoms with Gasteiger partial charge in [-0.15, -0.1) is 0 Å². The number of halogens is 2. The highest BCUT2D eigenvalue weighted by molar-refractivity contribution is 5.84. The zero-order valence-electron chi connectivity index (χ0n) is 18.7. The molecular weight excluding hydrogens is 448 g/mol. The van der Waals surface area contributed by atoms with Crippen molar-refractivity contribution in [2.45, 2.75) is 31.9 Å². The first-order valence-corrected chi connectivity index (χ1v) is 11.5. The predicted octanol–water partition coefficient (Wildman–Crippen LogP) is 1.84. The third kappa shape index (κ3) is 4.82. The monoisotopic (exact) mass is 475 g/mol. The SMILES string of the molecule is O=c1ccn(-c2noc3ccc(CN4CCN(CC5CCOCC5)C(C(F)F)C4)cc23)c(=O)[nH]1. The lowest BCUT2D eigenvalue weighted by molar-refractivity contribution is -0.0409. The summed E-state index contributed by atoms with van der Waals surface area (Å²) in [5.74, 6) is 0.678. The first kappa shape index (κ1) is 22.9. The van der Waals surface area contributed by atoms with E-state index in [2.05, 4.69) is 10.1 Å². The minimum Gasteiger partial charge on any atom is -0.381 e. The van der Waals surface area contributed by atoms with E-state index in [1.54, 1.807) is 6.07 Å². The smallest absolute Gasteiger partial charge is 0.334 e. The Labute approximate surface area is 193 Å². The van der Waals surface area contributed by atoms with Crippen LogP contribution in [0.4, 0.5) is 8.78 Å². The van der Waals surface area contributed by atoms with Gasteiger partial charge in [-0.3, -0.25) is 19.6 Å². The normalized spacial score (nSPS) is 21.0. The van der Waals surface area contributed by atoms with Gasteiger partial charge in [0.15, 0.2) is 11.4 Å². The molecule has 182 valence electrons. The number of H-pyrrole nitrogens is 1. The van der Waals surface area contributed by atoms with E-state index in [1.165, 1.54) is 16.8 Å². The summed E-state index contributed by atoms with van der Waals surface area (Å²) in [6, 6.07) is 5.91. The molecule has 0 saturated carbocycles. The molecule has 1 unspecified atom stereocenters. The van der Waals surface area contributed by atoms with Gasteiger partial charge in [-0.05, 0) is 36.5 Å². The molecule has 0 radical (unpaired) electrons. The molecule has 34 heavy (non-hydrogen) atoms. The molecule has 2 aromatic heterocycles. The van der Waals surface area contributed by atoms with Crippen LogP contribution in [0.25, 0.3) is 16.8 Å². The maximum absolute atomic E-state index is 13.9. The number of rotatable bonds is 6. The summed E-state index contributed by atoms with van der Waals surface area (Å²) in [4.78, 5) is 29.8. The molecule has 4 heterocycles. The molecule has 2 saturated heterocycles. The summed E-state index contributed by atoms with van der Waals surface area (Å²) in [7, 11) is 0. The summed E-state index contributed by atoms with van der Waals surface area (Å²) in [5, 5.41) is 4.59. The molecule has 9 nitrogen and oxygen atoms in total. The molecule has 2 fully saturated rings. The molecule has 3 aromatic rings. The van der Waals surface area contributed by atoms with E-state index in [-0.39, 0.29) is 12.4 Å². The molecule has 2 aliphatic rings. The molecule has 5 rings (SSSR count). The van der Waals surface area contributed by atoms with Crippen molar-refractivity contribution in [1.29, 1.82) is 0 Å². The van der Waals surface area contributed by atoms with Crippen LogP contribution in [0.2, 0.25) is 0 Å². The number of alkyl halides is 2.